The smallest absolute Gasteiger partial charge is 0.240 e. The lowest BCUT2D eigenvalue weighted by Crippen LogP contribution is -2.47. The number of nitrogens with one attached hydrogen (secondary N) is 1. The highest BCUT2D eigenvalue weighted by Gasteiger charge is 2.39. The minimum absolute atomic E-state index is 0.131. The highest BCUT2D eigenvalue weighted by atomic mass is 16.2. The first kappa shape index (κ1) is 11.4. The first-order valence-electron chi connectivity index (χ1n) is 6.01. The molecule has 16 heavy (non-hydrogen) atoms. The van der Waals surface area contributed by atoms with Crippen LogP contribution in [0.5, 0.6) is 0 Å². The Morgan fingerprint density at radius 1 is 1.44 bits per heavy atom. The van der Waals surface area contributed by atoms with E-state index in [2.05, 4.69) is 10.2 Å². The predicted molar refractivity (Wildman–Crippen MR) is 60.5 cm³/mol. The molecule has 1 N–H and O–H groups in total. The summed E-state index contributed by atoms with van der Waals surface area (Å²) in [6, 6.07) is 2.81. The van der Waals surface area contributed by atoms with Crippen LogP contribution in [-0.4, -0.2) is 36.0 Å². The number of rotatable bonds is 2. The summed E-state index contributed by atoms with van der Waals surface area (Å²) in [7, 11) is 0. The molecular formula is C12H19N3O. The molecule has 2 saturated heterocycles. The van der Waals surface area contributed by atoms with Gasteiger partial charge in [0.25, 0.3) is 0 Å². The second kappa shape index (κ2) is 4.06. The van der Waals surface area contributed by atoms with Gasteiger partial charge in [0, 0.05) is 18.6 Å². The average molecular weight is 221 g/mol. The van der Waals surface area contributed by atoms with E-state index in [4.69, 9.17) is 5.26 Å². The van der Waals surface area contributed by atoms with Crippen molar-refractivity contribution in [3.8, 4) is 6.07 Å². The van der Waals surface area contributed by atoms with Gasteiger partial charge >= 0.3 is 0 Å². The maximum atomic E-state index is 11.9. The molecule has 0 radical (unpaired) electrons. The Balaban J connectivity index is 1.96. The lowest BCUT2D eigenvalue weighted by molar-refractivity contribution is -0.127. The van der Waals surface area contributed by atoms with Gasteiger partial charge in [-0.1, -0.05) is 0 Å². The minimum atomic E-state index is -0.911. The van der Waals surface area contributed by atoms with Crippen LogP contribution in [0, 0.1) is 16.7 Å². The third kappa shape index (κ3) is 1.92. The van der Waals surface area contributed by atoms with Crippen LogP contribution in [0.2, 0.25) is 0 Å². The Morgan fingerprint density at radius 2 is 2.19 bits per heavy atom. The van der Waals surface area contributed by atoms with Crippen molar-refractivity contribution in [3.05, 3.63) is 0 Å². The molecule has 2 heterocycles. The van der Waals surface area contributed by atoms with Gasteiger partial charge in [0.05, 0.1) is 6.07 Å². The summed E-state index contributed by atoms with van der Waals surface area (Å²) in [6.07, 6.45) is 3.44. The van der Waals surface area contributed by atoms with Crippen molar-refractivity contribution in [1.82, 2.24) is 10.2 Å². The van der Waals surface area contributed by atoms with Crippen LogP contribution in [-0.2, 0) is 4.79 Å². The quantitative estimate of drug-likeness (QED) is 0.753. The molecule has 88 valence electrons. The van der Waals surface area contributed by atoms with Crippen LogP contribution >= 0.6 is 0 Å². The fourth-order valence-electron chi connectivity index (χ4n) is 2.65. The van der Waals surface area contributed by atoms with Gasteiger partial charge in [-0.05, 0) is 39.7 Å². The van der Waals surface area contributed by atoms with Crippen LogP contribution in [0.25, 0.3) is 0 Å². The molecule has 2 atom stereocenters. The number of hydrogen-bond donors (Lipinski definition) is 1. The van der Waals surface area contributed by atoms with E-state index >= 15 is 0 Å². The van der Waals surface area contributed by atoms with E-state index in [-0.39, 0.29) is 11.9 Å². The first-order valence-corrected chi connectivity index (χ1v) is 6.01. The third-order valence-electron chi connectivity index (χ3n) is 3.77. The molecule has 0 saturated carbocycles. The van der Waals surface area contributed by atoms with Crippen LogP contribution in [0.1, 0.15) is 33.1 Å². The normalized spacial score (nSPS) is 29.8. The molecule has 2 rings (SSSR count). The van der Waals surface area contributed by atoms with E-state index in [0.717, 1.165) is 13.0 Å². The number of fused-ring (bicyclic) bond motifs is 1. The molecule has 1 amide bonds. The standard InChI is InChI=1S/C12H19N3O/c1-12(2,8-13)11(16)14-9-5-7-15-6-3-4-10(9)15/h9-10H,3-7H2,1-2H3,(H,14,16). The zero-order valence-corrected chi connectivity index (χ0v) is 9.99. The van der Waals surface area contributed by atoms with E-state index < -0.39 is 5.41 Å². The SMILES string of the molecule is CC(C)(C#N)C(=O)NC1CCN2CCCC12. The fraction of sp³-hybridized carbons (Fsp3) is 0.833. The van der Waals surface area contributed by atoms with Crippen LogP contribution < -0.4 is 5.32 Å². The molecule has 0 aromatic carbocycles. The van der Waals surface area contributed by atoms with Crippen molar-refractivity contribution in [2.45, 2.75) is 45.2 Å². The summed E-state index contributed by atoms with van der Waals surface area (Å²) < 4.78 is 0. The van der Waals surface area contributed by atoms with Crippen molar-refractivity contribution < 1.29 is 4.79 Å². The summed E-state index contributed by atoms with van der Waals surface area (Å²) in [4.78, 5) is 14.3. The average Bonchev–Trinajstić information content (AvgIpc) is 2.82. The van der Waals surface area contributed by atoms with Gasteiger partial charge in [-0.2, -0.15) is 5.26 Å². The molecule has 2 fully saturated rings. The molecule has 4 nitrogen and oxygen atoms in total. The van der Waals surface area contributed by atoms with Crippen LogP contribution in [0.15, 0.2) is 0 Å². The highest BCUT2D eigenvalue weighted by molar-refractivity contribution is 5.84. The molecule has 2 aliphatic rings. The predicted octanol–water partition coefficient (Wildman–Crippen LogP) is 0.889. The van der Waals surface area contributed by atoms with Crippen LogP contribution in [0.3, 0.4) is 0 Å². The fourth-order valence-corrected chi connectivity index (χ4v) is 2.65. The van der Waals surface area contributed by atoms with Crippen molar-refractivity contribution in [1.29, 1.82) is 5.26 Å². The van der Waals surface area contributed by atoms with Crippen molar-refractivity contribution in [2.75, 3.05) is 13.1 Å². The minimum Gasteiger partial charge on any atom is -0.350 e. The largest absolute Gasteiger partial charge is 0.350 e. The Hall–Kier alpha value is -1.08. The van der Waals surface area contributed by atoms with Crippen molar-refractivity contribution >= 4 is 5.91 Å². The number of carbonyl (C=O) groups excluding carboxylic acids is 1. The van der Waals surface area contributed by atoms with E-state index in [1.165, 1.54) is 19.4 Å². The zero-order valence-electron chi connectivity index (χ0n) is 9.99. The number of hydrogen-bond acceptors (Lipinski definition) is 3. The summed E-state index contributed by atoms with van der Waals surface area (Å²) in [5.74, 6) is -0.131. The topological polar surface area (TPSA) is 56.1 Å². The van der Waals surface area contributed by atoms with Crippen molar-refractivity contribution in [3.63, 3.8) is 0 Å². The molecule has 2 aliphatic heterocycles. The van der Waals surface area contributed by atoms with Gasteiger partial charge < -0.3 is 5.32 Å². The van der Waals surface area contributed by atoms with Gasteiger partial charge in [-0.25, -0.2) is 0 Å². The van der Waals surface area contributed by atoms with Gasteiger partial charge in [0.15, 0.2) is 0 Å². The summed E-state index contributed by atoms with van der Waals surface area (Å²) >= 11 is 0. The number of amides is 1. The third-order valence-corrected chi connectivity index (χ3v) is 3.77. The van der Waals surface area contributed by atoms with Crippen LogP contribution in [0.4, 0.5) is 0 Å². The second-order valence-electron chi connectivity index (χ2n) is 5.35. The molecular weight excluding hydrogens is 202 g/mol. The number of carbonyl (C=O) groups is 1. The Labute approximate surface area is 96.6 Å². The van der Waals surface area contributed by atoms with Gasteiger partial charge in [-0.15, -0.1) is 0 Å². The lowest BCUT2D eigenvalue weighted by Gasteiger charge is -2.24. The monoisotopic (exact) mass is 221 g/mol. The molecule has 0 aliphatic carbocycles. The number of nitriles is 1. The molecule has 4 heteroatoms. The molecule has 2 unspecified atom stereocenters. The number of nitrogens with zero attached hydrogens (tertiary/aromatic N) is 2. The van der Waals surface area contributed by atoms with E-state index in [9.17, 15) is 4.79 Å². The van der Waals surface area contributed by atoms with Gasteiger partial charge in [-0.3, -0.25) is 9.69 Å². The zero-order chi connectivity index (χ0) is 11.8. The summed E-state index contributed by atoms with van der Waals surface area (Å²) in [5, 5.41) is 11.9. The highest BCUT2D eigenvalue weighted by Crippen LogP contribution is 2.28. The first-order chi connectivity index (χ1) is 7.54. The Bertz CT molecular complexity index is 332. The Kier molecular flexibility index (Phi) is 2.90. The molecule has 0 aromatic heterocycles. The second-order valence-corrected chi connectivity index (χ2v) is 5.35. The van der Waals surface area contributed by atoms with E-state index in [0.29, 0.717) is 6.04 Å². The van der Waals surface area contributed by atoms with Crippen molar-refractivity contribution in [2.24, 2.45) is 5.41 Å². The summed E-state index contributed by atoms with van der Waals surface area (Å²) in [6.45, 7) is 5.59. The van der Waals surface area contributed by atoms with Gasteiger partial charge in [0.2, 0.25) is 5.91 Å². The molecule has 0 aromatic rings. The lowest BCUT2D eigenvalue weighted by atomic mass is 9.93. The summed E-state index contributed by atoms with van der Waals surface area (Å²) in [5.41, 5.74) is -0.911. The Morgan fingerprint density at radius 3 is 2.88 bits per heavy atom. The maximum absolute atomic E-state index is 11.9. The van der Waals surface area contributed by atoms with E-state index in [1.54, 1.807) is 13.8 Å². The molecule has 0 spiro atoms. The van der Waals surface area contributed by atoms with Gasteiger partial charge in [0.1, 0.15) is 5.41 Å². The van der Waals surface area contributed by atoms with E-state index in [1.807, 2.05) is 6.07 Å². The molecule has 0 bridgehead atoms. The maximum Gasteiger partial charge on any atom is 0.240 e.